The minimum atomic E-state index is -0.00569. The Kier molecular flexibility index (Phi) is 4.66. The van der Waals surface area contributed by atoms with E-state index in [-0.39, 0.29) is 6.04 Å². The molecule has 2 heterocycles. The minimum absolute atomic E-state index is 0.00569. The van der Waals surface area contributed by atoms with Gasteiger partial charge in [0, 0.05) is 23.9 Å². The molecule has 0 bridgehead atoms. The van der Waals surface area contributed by atoms with Crippen LogP contribution in [0.4, 0.5) is 0 Å². The zero-order valence-electron chi connectivity index (χ0n) is 11.6. The van der Waals surface area contributed by atoms with Crippen molar-refractivity contribution in [1.82, 2.24) is 9.78 Å². The predicted octanol–water partition coefficient (Wildman–Crippen LogP) is 3.73. The van der Waals surface area contributed by atoms with Gasteiger partial charge in [0.25, 0.3) is 0 Å². The van der Waals surface area contributed by atoms with E-state index in [1.165, 1.54) is 10.4 Å². The molecule has 0 radical (unpaired) electrons. The molecule has 1 atom stereocenters. The summed E-state index contributed by atoms with van der Waals surface area (Å²) in [6, 6.07) is 2.15. The molecule has 0 fully saturated rings. The standard InChI is InChI=1S/C14H20ClN3S/c1-4-10-6-7-19-14(10)11(16)8-12-13(15)9(3)17-18(12)5-2/h6-7,11H,4-5,8,16H2,1-3H3. The van der Waals surface area contributed by atoms with Crippen molar-refractivity contribution in [1.29, 1.82) is 0 Å². The van der Waals surface area contributed by atoms with Crippen LogP contribution in [0.2, 0.25) is 5.02 Å². The molecular formula is C14H20ClN3S. The maximum atomic E-state index is 6.36. The highest BCUT2D eigenvalue weighted by Gasteiger charge is 2.19. The van der Waals surface area contributed by atoms with Gasteiger partial charge in [-0.3, -0.25) is 4.68 Å². The number of rotatable bonds is 5. The molecule has 0 aliphatic rings. The molecule has 0 saturated carbocycles. The summed E-state index contributed by atoms with van der Waals surface area (Å²) in [7, 11) is 0. The van der Waals surface area contributed by atoms with Gasteiger partial charge in [0.2, 0.25) is 0 Å². The molecule has 104 valence electrons. The topological polar surface area (TPSA) is 43.8 Å². The molecule has 0 aliphatic heterocycles. The molecule has 5 heteroatoms. The summed E-state index contributed by atoms with van der Waals surface area (Å²) in [5, 5.41) is 7.30. The van der Waals surface area contributed by atoms with Crippen molar-refractivity contribution in [3.05, 3.63) is 38.3 Å². The molecule has 0 saturated heterocycles. The summed E-state index contributed by atoms with van der Waals surface area (Å²) < 4.78 is 1.96. The second-order valence-electron chi connectivity index (χ2n) is 4.64. The Bertz CT molecular complexity index is 559. The van der Waals surface area contributed by atoms with Gasteiger partial charge in [-0.15, -0.1) is 11.3 Å². The molecule has 19 heavy (non-hydrogen) atoms. The first kappa shape index (κ1) is 14.6. The van der Waals surface area contributed by atoms with Gasteiger partial charge in [0.15, 0.2) is 0 Å². The molecular weight excluding hydrogens is 278 g/mol. The van der Waals surface area contributed by atoms with Gasteiger partial charge in [-0.05, 0) is 37.3 Å². The number of hydrogen-bond acceptors (Lipinski definition) is 3. The van der Waals surface area contributed by atoms with Crippen molar-refractivity contribution in [2.75, 3.05) is 0 Å². The molecule has 0 amide bonds. The molecule has 2 rings (SSSR count). The monoisotopic (exact) mass is 297 g/mol. The third-order valence-electron chi connectivity index (χ3n) is 3.36. The van der Waals surface area contributed by atoms with E-state index in [1.807, 2.05) is 11.6 Å². The summed E-state index contributed by atoms with van der Waals surface area (Å²) >= 11 is 8.07. The number of aromatic nitrogens is 2. The third-order valence-corrected chi connectivity index (χ3v) is 4.95. The maximum absolute atomic E-state index is 6.36. The number of hydrogen-bond donors (Lipinski definition) is 1. The van der Waals surface area contributed by atoms with Crippen LogP contribution < -0.4 is 5.73 Å². The lowest BCUT2D eigenvalue weighted by Crippen LogP contribution is -2.16. The molecule has 3 nitrogen and oxygen atoms in total. The molecule has 2 N–H and O–H groups in total. The number of aryl methyl sites for hydroxylation is 3. The molecule has 0 spiro atoms. The quantitative estimate of drug-likeness (QED) is 0.914. The summed E-state index contributed by atoms with van der Waals surface area (Å²) in [5.74, 6) is 0. The Hall–Kier alpha value is -0.840. The van der Waals surface area contributed by atoms with Crippen LogP contribution in [-0.2, 0) is 19.4 Å². The van der Waals surface area contributed by atoms with Crippen LogP contribution in [0.3, 0.4) is 0 Å². The number of nitrogens with two attached hydrogens (primary N) is 1. The summed E-state index contributed by atoms with van der Waals surface area (Å²) in [4.78, 5) is 1.26. The van der Waals surface area contributed by atoms with Crippen LogP contribution in [-0.4, -0.2) is 9.78 Å². The highest BCUT2D eigenvalue weighted by molar-refractivity contribution is 7.10. The van der Waals surface area contributed by atoms with E-state index in [2.05, 4.69) is 30.4 Å². The normalized spacial score (nSPS) is 12.9. The van der Waals surface area contributed by atoms with Gasteiger partial charge < -0.3 is 5.73 Å². The van der Waals surface area contributed by atoms with Crippen LogP contribution in [0.15, 0.2) is 11.4 Å². The Morgan fingerprint density at radius 2 is 2.21 bits per heavy atom. The summed E-state index contributed by atoms with van der Waals surface area (Å²) in [6.45, 7) is 6.99. The maximum Gasteiger partial charge on any atom is 0.0847 e. The first-order valence-corrected chi connectivity index (χ1v) is 7.87. The van der Waals surface area contributed by atoms with E-state index in [0.717, 1.165) is 35.8 Å². The summed E-state index contributed by atoms with van der Waals surface area (Å²) in [6.07, 6.45) is 1.76. The molecule has 0 aromatic carbocycles. The fourth-order valence-corrected chi connectivity index (χ4v) is 3.54. The van der Waals surface area contributed by atoms with Crippen molar-refractivity contribution < 1.29 is 0 Å². The highest BCUT2D eigenvalue weighted by Crippen LogP contribution is 2.29. The van der Waals surface area contributed by atoms with E-state index < -0.39 is 0 Å². The Morgan fingerprint density at radius 3 is 2.84 bits per heavy atom. The van der Waals surface area contributed by atoms with Crippen molar-refractivity contribution in [2.45, 2.75) is 46.2 Å². The average molecular weight is 298 g/mol. The van der Waals surface area contributed by atoms with Gasteiger partial charge >= 0.3 is 0 Å². The zero-order valence-corrected chi connectivity index (χ0v) is 13.2. The average Bonchev–Trinajstić information content (AvgIpc) is 2.98. The summed E-state index contributed by atoms with van der Waals surface area (Å²) in [5.41, 5.74) is 9.63. The van der Waals surface area contributed by atoms with E-state index in [4.69, 9.17) is 17.3 Å². The molecule has 2 aromatic rings. The lowest BCUT2D eigenvalue weighted by atomic mass is 10.1. The van der Waals surface area contributed by atoms with Crippen molar-refractivity contribution in [3.8, 4) is 0 Å². The number of nitrogens with zero attached hydrogens (tertiary/aromatic N) is 2. The van der Waals surface area contributed by atoms with Gasteiger partial charge in [-0.1, -0.05) is 18.5 Å². The van der Waals surface area contributed by atoms with Crippen molar-refractivity contribution in [2.24, 2.45) is 5.73 Å². The number of thiophene rings is 1. The van der Waals surface area contributed by atoms with E-state index in [0.29, 0.717) is 0 Å². The Labute approximate surface area is 123 Å². The Balaban J connectivity index is 2.26. The fourth-order valence-electron chi connectivity index (χ4n) is 2.33. The fraction of sp³-hybridized carbons (Fsp3) is 0.500. The second-order valence-corrected chi connectivity index (χ2v) is 5.96. The first-order chi connectivity index (χ1) is 9.08. The minimum Gasteiger partial charge on any atom is -0.323 e. The largest absolute Gasteiger partial charge is 0.323 e. The van der Waals surface area contributed by atoms with Gasteiger partial charge in [0.1, 0.15) is 0 Å². The van der Waals surface area contributed by atoms with Crippen LogP contribution in [0.1, 0.15) is 41.7 Å². The molecule has 2 aromatic heterocycles. The van der Waals surface area contributed by atoms with E-state index in [9.17, 15) is 0 Å². The van der Waals surface area contributed by atoms with E-state index in [1.54, 1.807) is 11.3 Å². The molecule has 0 aliphatic carbocycles. The van der Waals surface area contributed by atoms with Crippen LogP contribution >= 0.6 is 22.9 Å². The van der Waals surface area contributed by atoms with Crippen molar-refractivity contribution in [3.63, 3.8) is 0 Å². The lowest BCUT2D eigenvalue weighted by molar-refractivity contribution is 0.589. The number of halogens is 1. The molecule has 1 unspecified atom stereocenters. The lowest BCUT2D eigenvalue weighted by Gasteiger charge is -2.13. The smallest absolute Gasteiger partial charge is 0.0847 e. The third kappa shape index (κ3) is 2.86. The van der Waals surface area contributed by atoms with Crippen LogP contribution in [0.25, 0.3) is 0 Å². The SMILES string of the molecule is CCc1ccsc1C(N)Cc1c(Cl)c(C)nn1CC. The van der Waals surface area contributed by atoms with Crippen LogP contribution in [0.5, 0.6) is 0 Å². The second kappa shape index (κ2) is 6.07. The Morgan fingerprint density at radius 1 is 1.47 bits per heavy atom. The van der Waals surface area contributed by atoms with Gasteiger partial charge in [-0.2, -0.15) is 5.10 Å². The zero-order chi connectivity index (χ0) is 14.0. The van der Waals surface area contributed by atoms with Crippen LogP contribution in [0, 0.1) is 6.92 Å². The highest BCUT2D eigenvalue weighted by atomic mass is 35.5. The van der Waals surface area contributed by atoms with Gasteiger partial charge in [0.05, 0.1) is 16.4 Å². The van der Waals surface area contributed by atoms with Crippen molar-refractivity contribution >= 4 is 22.9 Å². The predicted molar refractivity (Wildman–Crippen MR) is 82.0 cm³/mol. The first-order valence-electron chi connectivity index (χ1n) is 6.62. The van der Waals surface area contributed by atoms with Gasteiger partial charge in [-0.25, -0.2) is 0 Å². The van der Waals surface area contributed by atoms with E-state index >= 15 is 0 Å².